The van der Waals surface area contributed by atoms with Crippen molar-refractivity contribution in [3.63, 3.8) is 0 Å². The maximum Gasteiger partial charge on any atom is 0.270 e. The number of allylic oxidation sites excluding steroid dienone is 1. The van der Waals surface area contributed by atoms with Gasteiger partial charge in [-0.25, -0.2) is 0 Å². The molecule has 20 heavy (non-hydrogen) atoms. The van der Waals surface area contributed by atoms with Gasteiger partial charge in [-0.15, -0.1) is 0 Å². The van der Waals surface area contributed by atoms with Gasteiger partial charge < -0.3 is 5.32 Å². The fourth-order valence-corrected chi connectivity index (χ4v) is 2.33. The number of non-ortho nitro benzene ring substituents is 1. The molecule has 1 aromatic carbocycles. The van der Waals surface area contributed by atoms with Crippen molar-refractivity contribution in [1.29, 1.82) is 0 Å². The van der Waals surface area contributed by atoms with Crippen molar-refractivity contribution < 1.29 is 9.72 Å². The van der Waals surface area contributed by atoms with Crippen LogP contribution in [0.4, 0.5) is 5.69 Å². The zero-order valence-corrected chi connectivity index (χ0v) is 11.3. The standard InChI is InChI=1S/C15H18N2O3/c18-15(13-7-4-8-14(11-13)17(19)20)16-10-9-12-5-2-1-3-6-12/h4-5,7-8,11H,1-3,6,9-10H2,(H,16,18). The molecule has 1 aliphatic rings. The fraction of sp³-hybridized carbons (Fsp3) is 0.400. The Morgan fingerprint density at radius 1 is 1.35 bits per heavy atom. The molecule has 0 unspecified atom stereocenters. The first kappa shape index (κ1) is 14.2. The van der Waals surface area contributed by atoms with E-state index in [0.717, 1.165) is 19.3 Å². The lowest BCUT2D eigenvalue weighted by Crippen LogP contribution is -2.24. The molecule has 106 valence electrons. The van der Waals surface area contributed by atoms with E-state index >= 15 is 0 Å². The smallest absolute Gasteiger partial charge is 0.270 e. The van der Waals surface area contributed by atoms with Gasteiger partial charge in [0, 0.05) is 24.2 Å². The van der Waals surface area contributed by atoms with Crippen LogP contribution < -0.4 is 5.32 Å². The third kappa shape index (κ3) is 3.91. The number of nitrogens with one attached hydrogen (secondary N) is 1. The highest BCUT2D eigenvalue weighted by Gasteiger charge is 2.11. The molecule has 0 saturated heterocycles. The lowest BCUT2D eigenvalue weighted by molar-refractivity contribution is -0.384. The summed E-state index contributed by atoms with van der Waals surface area (Å²) in [7, 11) is 0. The van der Waals surface area contributed by atoms with Crippen LogP contribution in [0, 0.1) is 10.1 Å². The van der Waals surface area contributed by atoms with Gasteiger partial charge in [0.05, 0.1) is 4.92 Å². The van der Waals surface area contributed by atoms with Crippen LogP contribution in [0.1, 0.15) is 42.5 Å². The average Bonchev–Trinajstić information content (AvgIpc) is 2.48. The van der Waals surface area contributed by atoms with Crippen LogP contribution in [0.5, 0.6) is 0 Å². The van der Waals surface area contributed by atoms with Gasteiger partial charge in [-0.1, -0.05) is 17.7 Å². The first-order chi connectivity index (χ1) is 9.66. The molecule has 1 aliphatic carbocycles. The number of amides is 1. The molecule has 0 aliphatic heterocycles. The molecule has 2 rings (SSSR count). The number of nitro groups is 1. The van der Waals surface area contributed by atoms with E-state index in [1.54, 1.807) is 6.07 Å². The summed E-state index contributed by atoms with van der Waals surface area (Å²) in [5.74, 6) is -0.259. The summed E-state index contributed by atoms with van der Waals surface area (Å²) in [6, 6.07) is 5.79. The normalized spacial score (nSPS) is 14.5. The SMILES string of the molecule is O=C(NCCC1=CCCCC1)c1cccc([N+](=O)[O-])c1. The highest BCUT2D eigenvalue weighted by atomic mass is 16.6. The Kier molecular flexibility index (Phi) is 4.87. The number of carbonyl (C=O) groups is 1. The minimum absolute atomic E-state index is 0.0624. The molecule has 0 heterocycles. The molecule has 5 nitrogen and oxygen atoms in total. The van der Waals surface area contributed by atoms with Gasteiger partial charge in [0.25, 0.3) is 11.6 Å². The molecule has 0 radical (unpaired) electrons. The Hall–Kier alpha value is -2.17. The average molecular weight is 274 g/mol. The molecule has 5 heteroatoms. The Balaban J connectivity index is 1.86. The van der Waals surface area contributed by atoms with E-state index in [4.69, 9.17) is 0 Å². The van der Waals surface area contributed by atoms with Crippen LogP contribution in [0.15, 0.2) is 35.9 Å². The first-order valence-electron chi connectivity index (χ1n) is 6.87. The lowest BCUT2D eigenvalue weighted by Gasteiger charge is -2.12. The molecule has 1 N–H and O–H groups in total. The van der Waals surface area contributed by atoms with Gasteiger partial charge in [0.15, 0.2) is 0 Å². The van der Waals surface area contributed by atoms with Gasteiger partial charge in [-0.2, -0.15) is 0 Å². The number of benzene rings is 1. The summed E-state index contributed by atoms with van der Waals surface area (Å²) >= 11 is 0. The molecule has 0 bridgehead atoms. The van der Waals surface area contributed by atoms with Crippen molar-refractivity contribution in [1.82, 2.24) is 5.32 Å². The summed E-state index contributed by atoms with van der Waals surface area (Å²) in [4.78, 5) is 22.1. The summed E-state index contributed by atoms with van der Waals surface area (Å²) in [6.45, 7) is 0.577. The number of nitro benzene ring substituents is 1. The van der Waals surface area contributed by atoms with E-state index in [1.807, 2.05) is 0 Å². The van der Waals surface area contributed by atoms with Crippen LogP contribution in [0.2, 0.25) is 0 Å². The van der Waals surface area contributed by atoms with Crippen LogP contribution in [0.25, 0.3) is 0 Å². The molecule has 0 aromatic heterocycles. The Bertz CT molecular complexity index is 538. The van der Waals surface area contributed by atoms with Gasteiger partial charge in [0.1, 0.15) is 0 Å². The number of hydrogen-bond acceptors (Lipinski definition) is 3. The predicted molar refractivity (Wildman–Crippen MR) is 76.6 cm³/mol. The van der Waals surface area contributed by atoms with Crippen molar-refractivity contribution >= 4 is 11.6 Å². The quantitative estimate of drug-likeness (QED) is 0.509. The van der Waals surface area contributed by atoms with Gasteiger partial charge >= 0.3 is 0 Å². The Labute approximate surface area is 117 Å². The first-order valence-corrected chi connectivity index (χ1v) is 6.87. The molecule has 1 aromatic rings. The second-order valence-corrected chi connectivity index (χ2v) is 4.92. The van der Waals surface area contributed by atoms with E-state index < -0.39 is 4.92 Å². The van der Waals surface area contributed by atoms with Crippen molar-refractivity contribution in [3.05, 3.63) is 51.6 Å². The van der Waals surface area contributed by atoms with E-state index in [0.29, 0.717) is 12.1 Å². The molecular formula is C15H18N2O3. The third-order valence-corrected chi connectivity index (χ3v) is 3.44. The maximum atomic E-state index is 11.9. The van der Waals surface area contributed by atoms with Crippen LogP contribution >= 0.6 is 0 Å². The van der Waals surface area contributed by atoms with Gasteiger partial charge in [0.2, 0.25) is 0 Å². The van der Waals surface area contributed by atoms with E-state index in [-0.39, 0.29) is 11.6 Å². The summed E-state index contributed by atoms with van der Waals surface area (Å²) in [5, 5.41) is 13.5. The van der Waals surface area contributed by atoms with Crippen LogP contribution in [0.3, 0.4) is 0 Å². The predicted octanol–water partition coefficient (Wildman–Crippen LogP) is 3.22. The van der Waals surface area contributed by atoms with Gasteiger partial charge in [-0.05, 0) is 38.2 Å². The van der Waals surface area contributed by atoms with E-state index in [1.165, 1.54) is 36.6 Å². The number of nitrogens with zero attached hydrogens (tertiary/aromatic N) is 1. The van der Waals surface area contributed by atoms with Gasteiger partial charge in [-0.3, -0.25) is 14.9 Å². The Morgan fingerprint density at radius 2 is 2.20 bits per heavy atom. The fourth-order valence-electron chi connectivity index (χ4n) is 2.33. The Morgan fingerprint density at radius 3 is 2.90 bits per heavy atom. The van der Waals surface area contributed by atoms with E-state index in [2.05, 4.69) is 11.4 Å². The number of rotatable bonds is 5. The molecule has 0 fully saturated rings. The molecule has 0 spiro atoms. The minimum atomic E-state index is -0.496. The summed E-state index contributed by atoms with van der Waals surface area (Å²) in [6.07, 6.45) is 7.85. The second-order valence-electron chi connectivity index (χ2n) is 4.92. The number of hydrogen-bond donors (Lipinski definition) is 1. The highest BCUT2D eigenvalue weighted by molar-refractivity contribution is 5.94. The number of carbonyl (C=O) groups excluding carboxylic acids is 1. The topological polar surface area (TPSA) is 72.2 Å². The molecule has 0 atom stereocenters. The van der Waals surface area contributed by atoms with Crippen molar-refractivity contribution in [3.8, 4) is 0 Å². The van der Waals surface area contributed by atoms with Crippen LogP contribution in [-0.2, 0) is 0 Å². The molecule has 1 amide bonds. The molecular weight excluding hydrogens is 256 g/mol. The van der Waals surface area contributed by atoms with Crippen LogP contribution in [-0.4, -0.2) is 17.4 Å². The largest absolute Gasteiger partial charge is 0.352 e. The zero-order chi connectivity index (χ0) is 14.4. The minimum Gasteiger partial charge on any atom is -0.352 e. The summed E-state index contributed by atoms with van der Waals surface area (Å²) < 4.78 is 0. The van der Waals surface area contributed by atoms with Crippen molar-refractivity contribution in [2.24, 2.45) is 0 Å². The summed E-state index contributed by atoms with van der Waals surface area (Å²) in [5.41, 5.74) is 1.67. The third-order valence-electron chi connectivity index (χ3n) is 3.44. The monoisotopic (exact) mass is 274 g/mol. The van der Waals surface area contributed by atoms with Crippen molar-refractivity contribution in [2.45, 2.75) is 32.1 Å². The second kappa shape index (κ2) is 6.84. The van der Waals surface area contributed by atoms with E-state index in [9.17, 15) is 14.9 Å². The lowest BCUT2D eigenvalue weighted by atomic mass is 9.97. The highest BCUT2D eigenvalue weighted by Crippen LogP contribution is 2.19. The van der Waals surface area contributed by atoms with Crippen molar-refractivity contribution in [2.75, 3.05) is 6.54 Å². The molecule has 0 saturated carbocycles. The maximum absolute atomic E-state index is 11.9. The zero-order valence-electron chi connectivity index (χ0n) is 11.3.